The van der Waals surface area contributed by atoms with Crippen LogP contribution in [0.4, 0.5) is 5.82 Å². The monoisotopic (exact) mass is 367 g/mol. The maximum atomic E-state index is 12.9. The number of hydrogen-bond acceptors (Lipinski definition) is 6. The number of hydrogen-bond donors (Lipinski definition) is 0. The maximum absolute atomic E-state index is 12.9. The molecule has 0 saturated carbocycles. The van der Waals surface area contributed by atoms with Gasteiger partial charge in [0.15, 0.2) is 5.82 Å². The van der Waals surface area contributed by atoms with E-state index in [0.717, 1.165) is 16.9 Å². The number of methoxy groups -OCH3 is 2. The van der Waals surface area contributed by atoms with Crippen molar-refractivity contribution in [2.24, 2.45) is 0 Å². The summed E-state index contributed by atoms with van der Waals surface area (Å²) in [6, 6.07) is 11.6. The van der Waals surface area contributed by atoms with Crippen molar-refractivity contribution in [1.29, 1.82) is 0 Å². The summed E-state index contributed by atoms with van der Waals surface area (Å²) in [6.45, 7) is 2.56. The molecule has 140 valence electrons. The molecule has 7 nitrogen and oxygen atoms in total. The minimum Gasteiger partial charge on any atom is -0.497 e. The fraction of sp³-hybridized carbons (Fsp3) is 0.300. The van der Waals surface area contributed by atoms with Crippen LogP contribution in [0.25, 0.3) is 16.8 Å². The second kappa shape index (κ2) is 7.28. The first-order valence-electron chi connectivity index (χ1n) is 8.79. The number of benzene rings is 1. The highest BCUT2D eigenvalue weighted by Gasteiger charge is 2.21. The molecule has 0 bridgehead atoms. The molecule has 3 heterocycles. The molecule has 0 atom stereocenters. The summed E-state index contributed by atoms with van der Waals surface area (Å²) < 4.78 is 17.6. The van der Waals surface area contributed by atoms with Crippen LogP contribution in [0.1, 0.15) is 0 Å². The molecule has 0 N–H and O–H groups in total. The number of fused-ring (bicyclic) bond motifs is 1. The Morgan fingerprint density at radius 1 is 1.04 bits per heavy atom. The van der Waals surface area contributed by atoms with Gasteiger partial charge >= 0.3 is 5.56 Å². The third-order valence-corrected chi connectivity index (χ3v) is 4.69. The first kappa shape index (κ1) is 17.4. The normalized spacial score (nSPS) is 14.4. The number of pyridine rings is 1. The average molecular weight is 367 g/mol. The summed E-state index contributed by atoms with van der Waals surface area (Å²) in [5.41, 5.74) is 2.30. The number of aromatic nitrogens is 2. The van der Waals surface area contributed by atoms with E-state index in [-0.39, 0.29) is 11.3 Å². The van der Waals surface area contributed by atoms with E-state index in [1.165, 1.54) is 11.5 Å². The Bertz CT molecular complexity index is 1030. The van der Waals surface area contributed by atoms with Crippen LogP contribution in [0, 0.1) is 0 Å². The summed E-state index contributed by atoms with van der Waals surface area (Å²) >= 11 is 0. The van der Waals surface area contributed by atoms with Gasteiger partial charge in [-0.2, -0.15) is 0 Å². The van der Waals surface area contributed by atoms with Gasteiger partial charge < -0.3 is 19.1 Å². The molecule has 1 saturated heterocycles. The van der Waals surface area contributed by atoms with E-state index in [9.17, 15) is 4.79 Å². The quantitative estimate of drug-likeness (QED) is 0.705. The van der Waals surface area contributed by atoms with Gasteiger partial charge in [0.1, 0.15) is 11.4 Å². The van der Waals surface area contributed by atoms with Gasteiger partial charge in [0.2, 0.25) is 5.75 Å². The number of anilines is 1. The summed E-state index contributed by atoms with van der Waals surface area (Å²) in [4.78, 5) is 19.7. The Labute approximate surface area is 156 Å². The Kier molecular flexibility index (Phi) is 4.68. The smallest absolute Gasteiger partial charge is 0.302 e. The van der Waals surface area contributed by atoms with Crippen LogP contribution in [0.2, 0.25) is 0 Å². The molecule has 1 aliphatic rings. The SMILES string of the molecule is COc1cccc(-c2ccn3c(=O)c(OC)c(N4CCOCC4)nc3c2)c1. The lowest BCUT2D eigenvalue weighted by molar-refractivity contribution is 0.122. The summed E-state index contributed by atoms with van der Waals surface area (Å²) in [5, 5.41) is 0. The Morgan fingerprint density at radius 2 is 1.81 bits per heavy atom. The molecule has 0 amide bonds. The van der Waals surface area contributed by atoms with Gasteiger partial charge in [-0.25, -0.2) is 4.98 Å². The molecule has 1 aromatic carbocycles. The van der Waals surface area contributed by atoms with Crippen molar-refractivity contribution in [2.45, 2.75) is 0 Å². The van der Waals surface area contributed by atoms with Crippen molar-refractivity contribution in [3.8, 4) is 22.6 Å². The van der Waals surface area contributed by atoms with Crippen molar-refractivity contribution in [2.75, 3.05) is 45.4 Å². The zero-order chi connectivity index (χ0) is 18.8. The van der Waals surface area contributed by atoms with E-state index in [2.05, 4.69) is 0 Å². The maximum Gasteiger partial charge on any atom is 0.302 e. The first-order valence-corrected chi connectivity index (χ1v) is 8.79. The van der Waals surface area contributed by atoms with Gasteiger partial charge in [0.05, 0.1) is 27.4 Å². The van der Waals surface area contributed by atoms with Crippen molar-refractivity contribution in [3.05, 3.63) is 52.9 Å². The van der Waals surface area contributed by atoms with Crippen LogP contribution in [0.5, 0.6) is 11.5 Å². The number of nitrogens with zero attached hydrogens (tertiary/aromatic N) is 3. The molecule has 7 heteroatoms. The van der Waals surface area contributed by atoms with Gasteiger partial charge in [-0.1, -0.05) is 12.1 Å². The zero-order valence-corrected chi connectivity index (χ0v) is 15.3. The molecule has 2 aromatic heterocycles. The van der Waals surface area contributed by atoms with Gasteiger partial charge in [-0.3, -0.25) is 9.20 Å². The van der Waals surface area contributed by atoms with Gasteiger partial charge in [0.25, 0.3) is 0 Å². The van der Waals surface area contributed by atoms with Gasteiger partial charge in [-0.15, -0.1) is 0 Å². The first-order chi connectivity index (χ1) is 13.2. The van der Waals surface area contributed by atoms with Crippen molar-refractivity contribution < 1.29 is 14.2 Å². The lowest BCUT2D eigenvalue weighted by Crippen LogP contribution is -2.38. The lowest BCUT2D eigenvalue weighted by Gasteiger charge is -2.28. The Balaban J connectivity index is 1.86. The summed E-state index contributed by atoms with van der Waals surface area (Å²) in [7, 11) is 3.14. The summed E-state index contributed by atoms with van der Waals surface area (Å²) in [6.07, 6.45) is 1.73. The fourth-order valence-corrected chi connectivity index (χ4v) is 3.26. The highest BCUT2D eigenvalue weighted by molar-refractivity contribution is 5.70. The van der Waals surface area contributed by atoms with E-state index >= 15 is 0 Å². The largest absolute Gasteiger partial charge is 0.497 e. The van der Waals surface area contributed by atoms with E-state index in [4.69, 9.17) is 19.2 Å². The predicted molar refractivity (Wildman–Crippen MR) is 103 cm³/mol. The second-order valence-corrected chi connectivity index (χ2v) is 6.25. The third kappa shape index (κ3) is 3.21. The Morgan fingerprint density at radius 3 is 2.56 bits per heavy atom. The fourth-order valence-electron chi connectivity index (χ4n) is 3.26. The lowest BCUT2D eigenvalue weighted by atomic mass is 10.1. The standard InChI is InChI=1S/C20H21N3O4/c1-25-16-5-3-4-14(12-16)15-6-7-23-17(13-15)21-19(18(26-2)20(23)24)22-8-10-27-11-9-22/h3-7,12-13H,8-11H2,1-2H3. The molecular weight excluding hydrogens is 346 g/mol. The van der Waals surface area contributed by atoms with Crippen LogP contribution in [0.15, 0.2) is 47.4 Å². The molecule has 1 aliphatic heterocycles. The average Bonchev–Trinajstić information content (AvgIpc) is 2.74. The van der Waals surface area contributed by atoms with Crippen molar-refractivity contribution in [3.63, 3.8) is 0 Å². The second-order valence-electron chi connectivity index (χ2n) is 6.25. The molecule has 1 fully saturated rings. The van der Waals surface area contributed by atoms with E-state index in [0.29, 0.717) is 37.8 Å². The molecular formula is C20H21N3O4. The van der Waals surface area contributed by atoms with Crippen LogP contribution in [-0.2, 0) is 4.74 Å². The molecule has 3 aromatic rings. The number of rotatable bonds is 4. The molecule has 0 spiro atoms. The molecule has 4 rings (SSSR count). The van der Waals surface area contributed by atoms with Crippen LogP contribution in [0.3, 0.4) is 0 Å². The predicted octanol–water partition coefficient (Wildman–Crippen LogP) is 2.22. The van der Waals surface area contributed by atoms with E-state index < -0.39 is 0 Å². The van der Waals surface area contributed by atoms with E-state index in [1.807, 2.05) is 41.3 Å². The minimum absolute atomic E-state index is 0.221. The number of ether oxygens (including phenoxy) is 3. The number of morpholine rings is 1. The Hall–Kier alpha value is -3.06. The molecule has 0 aliphatic carbocycles. The van der Waals surface area contributed by atoms with Gasteiger partial charge in [0, 0.05) is 19.3 Å². The molecule has 0 unspecified atom stereocenters. The van der Waals surface area contributed by atoms with E-state index in [1.54, 1.807) is 13.3 Å². The highest BCUT2D eigenvalue weighted by Crippen LogP contribution is 2.27. The summed E-state index contributed by atoms with van der Waals surface area (Å²) in [5.74, 6) is 1.60. The molecule has 27 heavy (non-hydrogen) atoms. The minimum atomic E-state index is -0.221. The van der Waals surface area contributed by atoms with Crippen molar-refractivity contribution in [1.82, 2.24) is 9.38 Å². The van der Waals surface area contributed by atoms with Crippen LogP contribution in [-0.4, -0.2) is 49.9 Å². The third-order valence-electron chi connectivity index (χ3n) is 4.69. The van der Waals surface area contributed by atoms with Crippen molar-refractivity contribution >= 4 is 11.5 Å². The van der Waals surface area contributed by atoms with Gasteiger partial charge in [-0.05, 0) is 35.4 Å². The van der Waals surface area contributed by atoms with Crippen LogP contribution < -0.4 is 19.9 Å². The highest BCUT2D eigenvalue weighted by atomic mass is 16.5. The molecule has 0 radical (unpaired) electrons. The topological polar surface area (TPSA) is 65.3 Å². The van der Waals surface area contributed by atoms with Crippen LogP contribution >= 0.6 is 0 Å². The zero-order valence-electron chi connectivity index (χ0n) is 15.3.